The van der Waals surface area contributed by atoms with E-state index in [1.54, 1.807) is 23.1 Å². The average Bonchev–Trinajstić information content (AvgIpc) is 2.72. The van der Waals surface area contributed by atoms with Gasteiger partial charge in [0, 0.05) is 38.8 Å². The van der Waals surface area contributed by atoms with E-state index in [-0.39, 0.29) is 11.7 Å². The molecular formula is C22H22F4N2O2. The van der Waals surface area contributed by atoms with Crippen molar-refractivity contribution in [1.29, 1.82) is 0 Å². The Morgan fingerprint density at radius 3 is 2.47 bits per heavy atom. The normalized spacial score (nSPS) is 15.6. The van der Waals surface area contributed by atoms with Crippen LogP contribution in [-0.4, -0.2) is 49.0 Å². The van der Waals surface area contributed by atoms with Gasteiger partial charge in [-0.1, -0.05) is 24.3 Å². The van der Waals surface area contributed by atoms with Crippen LogP contribution < -0.4 is 4.74 Å². The summed E-state index contributed by atoms with van der Waals surface area (Å²) >= 11 is 0. The number of alkyl halides is 3. The fourth-order valence-corrected chi connectivity index (χ4v) is 3.29. The quantitative estimate of drug-likeness (QED) is 0.535. The number of hydrogen-bond acceptors (Lipinski definition) is 3. The van der Waals surface area contributed by atoms with Crippen LogP contribution in [0.3, 0.4) is 0 Å². The van der Waals surface area contributed by atoms with Crippen molar-refractivity contribution in [2.45, 2.75) is 12.7 Å². The topological polar surface area (TPSA) is 32.8 Å². The number of rotatable bonds is 5. The highest BCUT2D eigenvalue weighted by atomic mass is 19.4. The Labute approximate surface area is 172 Å². The molecule has 0 atom stereocenters. The molecule has 0 unspecified atom stereocenters. The van der Waals surface area contributed by atoms with Gasteiger partial charge >= 0.3 is 6.18 Å². The standard InChI is InChI=1S/C22H22F4N2O2/c1-30-20-7-5-16(14-19(20)23)6-8-21(29)28-11-9-27(10-12-28)15-17-3-2-4-18(13-17)22(24,25)26/h2-8,13-14H,9-12,15H2,1H3/b8-6+. The van der Waals surface area contributed by atoms with Crippen LogP contribution in [0.25, 0.3) is 6.08 Å². The molecule has 2 aromatic carbocycles. The highest BCUT2D eigenvalue weighted by Crippen LogP contribution is 2.29. The second-order valence-corrected chi connectivity index (χ2v) is 7.03. The summed E-state index contributed by atoms with van der Waals surface area (Å²) in [5, 5.41) is 0. The predicted molar refractivity (Wildman–Crippen MR) is 105 cm³/mol. The van der Waals surface area contributed by atoms with Crippen molar-refractivity contribution in [3.63, 3.8) is 0 Å². The molecule has 0 bridgehead atoms. The number of methoxy groups -OCH3 is 1. The molecule has 1 saturated heterocycles. The number of piperazine rings is 1. The largest absolute Gasteiger partial charge is 0.494 e. The Kier molecular flexibility index (Phi) is 6.77. The first-order valence-electron chi connectivity index (χ1n) is 9.45. The van der Waals surface area contributed by atoms with E-state index in [0.29, 0.717) is 43.9 Å². The molecule has 4 nitrogen and oxygen atoms in total. The molecule has 0 aliphatic carbocycles. The Balaban J connectivity index is 1.53. The molecule has 0 saturated carbocycles. The van der Waals surface area contributed by atoms with Crippen molar-refractivity contribution in [1.82, 2.24) is 9.80 Å². The third-order valence-corrected chi connectivity index (χ3v) is 4.94. The van der Waals surface area contributed by atoms with Crippen molar-refractivity contribution in [3.05, 3.63) is 71.0 Å². The van der Waals surface area contributed by atoms with E-state index in [2.05, 4.69) is 0 Å². The average molecular weight is 422 g/mol. The maximum Gasteiger partial charge on any atom is 0.416 e. The first kappa shape index (κ1) is 21.8. The maximum atomic E-state index is 13.7. The fourth-order valence-electron chi connectivity index (χ4n) is 3.29. The minimum Gasteiger partial charge on any atom is -0.494 e. The summed E-state index contributed by atoms with van der Waals surface area (Å²) in [4.78, 5) is 16.1. The number of hydrogen-bond donors (Lipinski definition) is 0. The summed E-state index contributed by atoms with van der Waals surface area (Å²) in [6.07, 6.45) is -1.43. The van der Waals surface area contributed by atoms with Gasteiger partial charge in [-0.2, -0.15) is 13.2 Å². The second kappa shape index (κ2) is 9.30. The van der Waals surface area contributed by atoms with Gasteiger partial charge in [-0.15, -0.1) is 0 Å². The van der Waals surface area contributed by atoms with Gasteiger partial charge in [0.1, 0.15) is 0 Å². The van der Waals surface area contributed by atoms with E-state index < -0.39 is 17.6 Å². The molecule has 3 rings (SSSR count). The molecule has 1 heterocycles. The van der Waals surface area contributed by atoms with E-state index in [0.717, 1.165) is 12.1 Å². The number of benzene rings is 2. The Morgan fingerprint density at radius 2 is 1.83 bits per heavy atom. The molecule has 160 valence electrons. The van der Waals surface area contributed by atoms with Crippen LogP contribution in [0.2, 0.25) is 0 Å². The smallest absolute Gasteiger partial charge is 0.416 e. The zero-order chi connectivity index (χ0) is 21.7. The van der Waals surface area contributed by atoms with Crippen LogP contribution in [0.1, 0.15) is 16.7 Å². The van der Waals surface area contributed by atoms with E-state index in [4.69, 9.17) is 4.74 Å². The summed E-state index contributed by atoms with van der Waals surface area (Å²) < 4.78 is 57.1. The van der Waals surface area contributed by atoms with Crippen LogP contribution >= 0.6 is 0 Å². The highest BCUT2D eigenvalue weighted by Gasteiger charge is 2.30. The summed E-state index contributed by atoms with van der Waals surface area (Å²) in [5.41, 5.74) is 0.477. The van der Waals surface area contributed by atoms with Gasteiger partial charge in [0.2, 0.25) is 5.91 Å². The molecule has 2 aromatic rings. The van der Waals surface area contributed by atoms with Crippen LogP contribution in [0.5, 0.6) is 5.75 Å². The number of nitrogens with zero attached hydrogens (tertiary/aromatic N) is 2. The van der Waals surface area contributed by atoms with Gasteiger partial charge in [0.25, 0.3) is 0 Å². The van der Waals surface area contributed by atoms with Gasteiger partial charge in [0.15, 0.2) is 11.6 Å². The van der Waals surface area contributed by atoms with Gasteiger partial charge in [-0.3, -0.25) is 9.69 Å². The molecule has 1 aliphatic heterocycles. The van der Waals surface area contributed by atoms with Crippen molar-refractivity contribution < 1.29 is 27.1 Å². The molecule has 0 spiro atoms. The van der Waals surface area contributed by atoms with Crippen molar-refractivity contribution in [2.24, 2.45) is 0 Å². The molecule has 0 aromatic heterocycles. The zero-order valence-electron chi connectivity index (χ0n) is 16.5. The fraction of sp³-hybridized carbons (Fsp3) is 0.318. The number of amides is 1. The third-order valence-electron chi connectivity index (χ3n) is 4.94. The lowest BCUT2D eigenvalue weighted by atomic mass is 10.1. The zero-order valence-corrected chi connectivity index (χ0v) is 16.5. The lowest BCUT2D eigenvalue weighted by Crippen LogP contribution is -2.47. The lowest BCUT2D eigenvalue weighted by Gasteiger charge is -2.34. The molecule has 1 fully saturated rings. The summed E-state index contributed by atoms with van der Waals surface area (Å²) in [5.74, 6) is -0.560. The molecule has 1 aliphatic rings. The van der Waals surface area contributed by atoms with Gasteiger partial charge < -0.3 is 9.64 Å². The van der Waals surface area contributed by atoms with Gasteiger partial charge in [0.05, 0.1) is 12.7 Å². The number of ether oxygens (including phenoxy) is 1. The Hall–Kier alpha value is -2.87. The SMILES string of the molecule is COc1ccc(/C=C/C(=O)N2CCN(Cc3cccc(C(F)(F)F)c3)CC2)cc1F. The Morgan fingerprint density at radius 1 is 1.10 bits per heavy atom. The molecule has 0 radical (unpaired) electrons. The number of carbonyl (C=O) groups excluding carboxylic acids is 1. The maximum absolute atomic E-state index is 13.7. The Bertz CT molecular complexity index is 920. The molecular weight excluding hydrogens is 400 g/mol. The minimum absolute atomic E-state index is 0.135. The van der Waals surface area contributed by atoms with E-state index in [1.165, 1.54) is 31.4 Å². The number of carbonyl (C=O) groups is 1. The van der Waals surface area contributed by atoms with Gasteiger partial charge in [-0.25, -0.2) is 4.39 Å². The van der Waals surface area contributed by atoms with E-state index in [1.807, 2.05) is 4.90 Å². The monoisotopic (exact) mass is 422 g/mol. The molecule has 30 heavy (non-hydrogen) atoms. The lowest BCUT2D eigenvalue weighted by molar-refractivity contribution is -0.137. The summed E-state index contributed by atoms with van der Waals surface area (Å²) in [6.45, 7) is 2.46. The predicted octanol–water partition coefficient (Wildman–Crippen LogP) is 4.21. The summed E-state index contributed by atoms with van der Waals surface area (Å²) in [6, 6.07) is 9.73. The first-order chi connectivity index (χ1) is 14.3. The molecule has 8 heteroatoms. The van der Waals surface area contributed by atoms with Crippen LogP contribution in [0.4, 0.5) is 17.6 Å². The van der Waals surface area contributed by atoms with E-state index in [9.17, 15) is 22.4 Å². The molecule has 0 N–H and O–H groups in total. The summed E-state index contributed by atoms with van der Waals surface area (Å²) in [7, 11) is 1.38. The van der Waals surface area contributed by atoms with Gasteiger partial charge in [-0.05, 0) is 35.4 Å². The van der Waals surface area contributed by atoms with Crippen molar-refractivity contribution in [3.8, 4) is 5.75 Å². The van der Waals surface area contributed by atoms with Crippen LogP contribution in [0.15, 0.2) is 48.5 Å². The third kappa shape index (κ3) is 5.60. The minimum atomic E-state index is -4.36. The number of halogens is 4. The van der Waals surface area contributed by atoms with E-state index >= 15 is 0 Å². The highest BCUT2D eigenvalue weighted by molar-refractivity contribution is 5.91. The van der Waals surface area contributed by atoms with Crippen LogP contribution in [0, 0.1) is 5.82 Å². The van der Waals surface area contributed by atoms with Crippen LogP contribution in [-0.2, 0) is 17.5 Å². The first-order valence-corrected chi connectivity index (χ1v) is 9.45. The van der Waals surface area contributed by atoms with Crippen molar-refractivity contribution >= 4 is 12.0 Å². The molecule has 1 amide bonds. The second-order valence-electron chi connectivity index (χ2n) is 7.03. The van der Waals surface area contributed by atoms with Crippen molar-refractivity contribution in [2.75, 3.05) is 33.3 Å².